The van der Waals surface area contributed by atoms with Crippen LogP contribution < -0.4 is 5.73 Å². The third-order valence-corrected chi connectivity index (χ3v) is 2.85. The summed E-state index contributed by atoms with van der Waals surface area (Å²) in [6, 6.07) is 5.36. The maximum atomic E-state index is 11.7. The van der Waals surface area contributed by atoms with Crippen LogP contribution in [-0.2, 0) is 4.74 Å². The number of nitrogen functional groups attached to an aromatic ring is 1. The van der Waals surface area contributed by atoms with Gasteiger partial charge in [-0.3, -0.25) is 0 Å². The van der Waals surface area contributed by atoms with Gasteiger partial charge in [0.05, 0.1) is 12.2 Å². The number of anilines is 1. The fourth-order valence-corrected chi connectivity index (χ4v) is 1.70. The Labute approximate surface area is 100 Å². The lowest BCUT2D eigenvalue weighted by Crippen LogP contribution is -2.09. The van der Waals surface area contributed by atoms with E-state index in [4.69, 9.17) is 10.5 Å². The first-order valence-corrected chi connectivity index (χ1v) is 6.56. The zero-order valence-corrected chi connectivity index (χ0v) is 10.5. The summed E-state index contributed by atoms with van der Waals surface area (Å²) in [6.07, 6.45) is 2.90. The maximum absolute atomic E-state index is 11.7. The molecule has 0 fully saturated rings. The van der Waals surface area contributed by atoms with E-state index in [-0.39, 0.29) is 5.97 Å². The summed E-state index contributed by atoms with van der Waals surface area (Å²) in [5.41, 5.74) is 7.66. The Hall–Kier alpha value is -1.16. The zero-order chi connectivity index (χ0) is 12.0. The molecule has 3 nitrogen and oxygen atoms in total. The van der Waals surface area contributed by atoms with Crippen LogP contribution in [0.15, 0.2) is 18.2 Å². The van der Waals surface area contributed by atoms with Gasteiger partial charge in [-0.15, -0.1) is 0 Å². The second-order valence-electron chi connectivity index (χ2n) is 3.57. The number of hydrogen-bond acceptors (Lipinski definition) is 4. The summed E-state index contributed by atoms with van der Waals surface area (Å²) in [5, 5.41) is 0. The molecule has 0 bridgehead atoms. The summed E-state index contributed by atoms with van der Waals surface area (Å²) in [7, 11) is 0. The summed E-state index contributed by atoms with van der Waals surface area (Å²) >= 11 is 1.74. The molecule has 1 aromatic rings. The normalized spacial score (nSPS) is 10.1. The van der Waals surface area contributed by atoms with Crippen LogP contribution in [-0.4, -0.2) is 24.6 Å². The van der Waals surface area contributed by atoms with Crippen molar-refractivity contribution in [1.82, 2.24) is 0 Å². The van der Waals surface area contributed by atoms with E-state index in [9.17, 15) is 4.79 Å². The molecule has 0 saturated heterocycles. The van der Waals surface area contributed by atoms with Gasteiger partial charge in [0.15, 0.2) is 0 Å². The van der Waals surface area contributed by atoms with Crippen molar-refractivity contribution in [3.8, 4) is 0 Å². The molecule has 0 aliphatic rings. The van der Waals surface area contributed by atoms with E-state index in [2.05, 4.69) is 0 Å². The lowest BCUT2D eigenvalue weighted by atomic mass is 10.1. The third-order valence-electron chi connectivity index (χ3n) is 2.15. The van der Waals surface area contributed by atoms with Gasteiger partial charge in [0.25, 0.3) is 0 Å². The molecule has 1 rings (SSSR count). The molecule has 0 aliphatic carbocycles. The summed E-state index contributed by atoms with van der Waals surface area (Å²) in [4.78, 5) is 11.7. The van der Waals surface area contributed by atoms with Crippen molar-refractivity contribution >= 4 is 23.4 Å². The fourth-order valence-electron chi connectivity index (χ4n) is 1.29. The quantitative estimate of drug-likeness (QED) is 0.487. The van der Waals surface area contributed by atoms with Crippen LogP contribution in [0.5, 0.6) is 0 Å². The minimum atomic E-state index is -0.331. The number of aryl methyl sites for hydroxylation is 1. The van der Waals surface area contributed by atoms with Crippen LogP contribution in [0.25, 0.3) is 0 Å². The second-order valence-corrected chi connectivity index (χ2v) is 4.56. The molecule has 0 aliphatic heterocycles. The Bertz CT molecular complexity index is 366. The average molecular weight is 239 g/mol. The predicted molar refractivity (Wildman–Crippen MR) is 68.9 cm³/mol. The van der Waals surface area contributed by atoms with E-state index >= 15 is 0 Å². The van der Waals surface area contributed by atoms with E-state index in [1.165, 1.54) is 0 Å². The number of hydrogen-bond donors (Lipinski definition) is 1. The second kappa shape index (κ2) is 6.43. The molecule has 0 unspecified atom stereocenters. The van der Waals surface area contributed by atoms with Crippen LogP contribution in [0.4, 0.5) is 5.69 Å². The minimum Gasteiger partial charge on any atom is -0.462 e. The molecule has 0 heterocycles. The van der Waals surface area contributed by atoms with Crippen molar-refractivity contribution in [2.75, 3.05) is 24.3 Å². The van der Waals surface area contributed by atoms with Crippen LogP contribution in [0.1, 0.15) is 22.3 Å². The van der Waals surface area contributed by atoms with Crippen LogP contribution >= 0.6 is 11.8 Å². The van der Waals surface area contributed by atoms with Crippen molar-refractivity contribution in [3.63, 3.8) is 0 Å². The topological polar surface area (TPSA) is 52.3 Å². The molecule has 1 aromatic carbocycles. The van der Waals surface area contributed by atoms with Gasteiger partial charge in [-0.2, -0.15) is 11.8 Å². The standard InChI is InChI=1S/C12H17NO2S/c1-9-4-5-11(13)10(8-9)12(14)15-6-3-7-16-2/h4-5,8H,3,6-7,13H2,1-2H3. The van der Waals surface area contributed by atoms with E-state index in [0.717, 1.165) is 17.7 Å². The van der Waals surface area contributed by atoms with Crippen molar-refractivity contribution in [1.29, 1.82) is 0 Å². The number of ether oxygens (including phenoxy) is 1. The highest BCUT2D eigenvalue weighted by atomic mass is 32.2. The van der Waals surface area contributed by atoms with E-state index in [0.29, 0.717) is 17.9 Å². The van der Waals surface area contributed by atoms with Crippen molar-refractivity contribution in [2.24, 2.45) is 0 Å². The van der Waals surface area contributed by atoms with Crippen LogP contribution in [0, 0.1) is 6.92 Å². The monoisotopic (exact) mass is 239 g/mol. The molecule has 0 saturated carbocycles. The predicted octanol–water partition coefficient (Wildman–Crippen LogP) is 2.49. The fraction of sp³-hybridized carbons (Fsp3) is 0.417. The van der Waals surface area contributed by atoms with E-state index in [1.807, 2.05) is 19.2 Å². The van der Waals surface area contributed by atoms with Crippen molar-refractivity contribution < 1.29 is 9.53 Å². The highest BCUT2D eigenvalue weighted by Crippen LogP contribution is 2.15. The Morgan fingerprint density at radius 2 is 2.25 bits per heavy atom. The lowest BCUT2D eigenvalue weighted by Gasteiger charge is -2.07. The molecular weight excluding hydrogens is 222 g/mol. The zero-order valence-electron chi connectivity index (χ0n) is 9.66. The van der Waals surface area contributed by atoms with E-state index in [1.54, 1.807) is 23.9 Å². The maximum Gasteiger partial charge on any atom is 0.340 e. The summed E-state index contributed by atoms with van der Waals surface area (Å²) < 4.78 is 5.13. The van der Waals surface area contributed by atoms with Gasteiger partial charge >= 0.3 is 5.97 Å². The number of nitrogens with two attached hydrogens (primary N) is 1. The van der Waals surface area contributed by atoms with Crippen molar-refractivity contribution in [3.05, 3.63) is 29.3 Å². The number of thioether (sulfide) groups is 1. The van der Waals surface area contributed by atoms with Gasteiger partial charge in [0.2, 0.25) is 0 Å². The first-order chi connectivity index (χ1) is 7.65. The number of carbonyl (C=O) groups excluding carboxylic acids is 1. The van der Waals surface area contributed by atoms with Gasteiger partial charge < -0.3 is 10.5 Å². The Balaban J connectivity index is 2.55. The summed E-state index contributed by atoms with van der Waals surface area (Å²) in [5.74, 6) is 0.665. The molecule has 88 valence electrons. The number of esters is 1. The van der Waals surface area contributed by atoms with Gasteiger partial charge in [0, 0.05) is 5.69 Å². The van der Waals surface area contributed by atoms with Gasteiger partial charge in [0.1, 0.15) is 0 Å². The number of carbonyl (C=O) groups is 1. The van der Waals surface area contributed by atoms with Gasteiger partial charge in [-0.25, -0.2) is 4.79 Å². The van der Waals surface area contributed by atoms with Gasteiger partial charge in [-0.05, 0) is 37.5 Å². The Morgan fingerprint density at radius 3 is 2.94 bits per heavy atom. The molecule has 0 atom stereocenters. The van der Waals surface area contributed by atoms with Crippen LogP contribution in [0.2, 0.25) is 0 Å². The number of rotatable bonds is 5. The first-order valence-electron chi connectivity index (χ1n) is 5.17. The molecule has 0 amide bonds. The van der Waals surface area contributed by atoms with Gasteiger partial charge in [-0.1, -0.05) is 11.6 Å². The van der Waals surface area contributed by atoms with E-state index < -0.39 is 0 Å². The Kier molecular flexibility index (Phi) is 5.19. The molecule has 0 aromatic heterocycles. The lowest BCUT2D eigenvalue weighted by molar-refractivity contribution is 0.0507. The molecule has 2 N–H and O–H groups in total. The minimum absolute atomic E-state index is 0.331. The Morgan fingerprint density at radius 1 is 1.50 bits per heavy atom. The molecular formula is C12H17NO2S. The average Bonchev–Trinajstić information content (AvgIpc) is 2.27. The first kappa shape index (κ1) is 12.9. The van der Waals surface area contributed by atoms with Crippen molar-refractivity contribution in [2.45, 2.75) is 13.3 Å². The number of benzene rings is 1. The molecule has 0 spiro atoms. The highest BCUT2D eigenvalue weighted by Gasteiger charge is 2.10. The van der Waals surface area contributed by atoms with Crippen LogP contribution in [0.3, 0.4) is 0 Å². The molecule has 16 heavy (non-hydrogen) atoms. The highest BCUT2D eigenvalue weighted by molar-refractivity contribution is 7.98. The largest absolute Gasteiger partial charge is 0.462 e. The SMILES string of the molecule is CSCCCOC(=O)c1cc(C)ccc1N. The summed E-state index contributed by atoms with van der Waals surface area (Å²) in [6.45, 7) is 2.37. The molecule has 4 heteroatoms. The smallest absolute Gasteiger partial charge is 0.340 e. The third kappa shape index (κ3) is 3.77. The molecule has 0 radical (unpaired) electrons.